The van der Waals surface area contributed by atoms with Crippen molar-refractivity contribution in [2.75, 3.05) is 12.4 Å². The lowest BCUT2D eigenvalue weighted by atomic mass is 10.2. The maximum Gasteiger partial charge on any atom is 0.247 e. The monoisotopic (exact) mass is 282 g/mol. The van der Waals surface area contributed by atoms with Crippen LogP contribution in [-0.4, -0.2) is 22.3 Å². The Morgan fingerprint density at radius 3 is 2.90 bits per heavy atom. The first kappa shape index (κ1) is 13.1. The molecule has 0 amide bonds. The second kappa shape index (κ2) is 6.04. The van der Waals surface area contributed by atoms with Crippen molar-refractivity contribution >= 4 is 5.69 Å². The van der Waals surface area contributed by atoms with E-state index in [1.54, 1.807) is 13.3 Å². The molecule has 6 heteroatoms. The lowest BCUT2D eigenvalue weighted by molar-refractivity contribution is 0.397. The fraction of sp³-hybridized carbons (Fsp3) is 0.133. The number of nitrogens with zero attached hydrogens (tertiary/aromatic N) is 3. The highest BCUT2D eigenvalue weighted by Gasteiger charge is 2.04. The molecule has 21 heavy (non-hydrogen) atoms. The molecule has 0 spiro atoms. The van der Waals surface area contributed by atoms with Gasteiger partial charge in [0.2, 0.25) is 18.2 Å². The molecular weight excluding hydrogens is 268 g/mol. The van der Waals surface area contributed by atoms with Crippen LogP contribution in [0.4, 0.5) is 5.69 Å². The summed E-state index contributed by atoms with van der Waals surface area (Å²) in [5.41, 5.74) is 2.92. The Balaban J connectivity index is 1.68. The minimum atomic E-state index is 0.504. The number of hydrogen-bond acceptors (Lipinski definition) is 6. The van der Waals surface area contributed by atoms with Crippen LogP contribution in [-0.2, 0) is 6.54 Å². The standard InChI is InChI=1S/C15H14N4O2/c1-20-14-6-5-11(9-17-14)8-16-13-4-2-3-12(7-13)15-19-18-10-21-15/h2-7,9-10,16H,8H2,1H3. The number of methoxy groups -OCH3 is 1. The molecule has 0 saturated carbocycles. The Bertz CT molecular complexity index is 696. The molecular formula is C15H14N4O2. The summed E-state index contributed by atoms with van der Waals surface area (Å²) in [6.07, 6.45) is 3.10. The Labute approximate surface area is 121 Å². The van der Waals surface area contributed by atoms with E-state index < -0.39 is 0 Å². The summed E-state index contributed by atoms with van der Waals surface area (Å²) in [5.74, 6) is 1.11. The van der Waals surface area contributed by atoms with Gasteiger partial charge in [0.05, 0.1) is 7.11 Å². The molecule has 0 bridgehead atoms. The van der Waals surface area contributed by atoms with Crippen LogP contribution in [0.15, 0.2) is 53.4 Å². The second-order valence-corrected chi connectivity index (χ2v) is 4.39. The van der Waals surface area contributed by atoms with Crippen molar-refractivity contribution in [2.24, 2.45) is 0 Å². The van der Waals surface area contributed by atoms with E-state index in [9.17, 15) is 0 Å². The highest BCUT2D eigenvalue weighted by Crippen LogP contribution is 2.20. The van der Waals surface area contributed by atoms with Crippen molar-refractivity contribution in [1.29, 1.82) is 0 Å². The molecule has 0 aliphatic carbocycles. The summed E-state index contributed by atoms with van der Waals surface area (Å²) in [7, 11) is 1.60. The molecule has 0 radical (unpaired) electrons. The third kappa shape index (κ3) is 3.17. The van der Waals surface area contributed by atoms with Gasteiger partial charge >= 0.3 is 0 Å². The van der Waals surface area contributed by atoms with E-state index in [0.29, 0.717) is 18.3 Å². The van der Waals surface area contributed by atoms with Gasteiger partial charge in [0.15, 0.2) is 0 Å². The van der Waals surface area contributed by atoms with Gasteiger partial charge in [-0.3, -0.25) is 0 Å². The number of aromatic nitrogens is 3. The highest BCUT2D eigenvalue weighted by molar-refractivity contribution is 5.60. The van der Waals surface area contributed by atoms with Crippen molar-refractivity contribution in [3.63, 3.8) is 0 Å². The summed E-state index contributed by atoms with van der Waals surface area (Å²) < 4.78 is 10.2. The molecule has 0 aliphatic rings. The lowest BCUT2D eigenvalue weighted by Crippen LogP contribution is -2.00. The normalized spacial score (nSPS) is 10.3. The number of rotatable bonds is 5. The van der Waals surface area contributed by atoms with Crippen molar-refractivity contribution in [3.05, 3.63) is 54.6 Å². The maximum atomic E-state index is 5.19. The summed E-state index contributed by atoms with van der Waals surface area (Å²) in [6, 6.07) is 11.6. The molecule has 0 fully saturated rings. The van der Waals surface area contributed by atoms with Gasteiger partial charge in [-0.25, -0.2) is 4.98 Å². The summed E-state index contributed by atoms with van der Waals surface area (Å²) in [5, 5.41) is 10.9. The summed E-state index contributed by atoms with van der Waals surface area (Å²) >= 11 is 0. The van der Waals surface area contributed by atoms with Crippen LogP contribution in [0.3, 0.4) is 0 Å². The summed E-state index contributed by atoms with van der Waals surface area (Å²) in [4.78, 5) is 4.17. The van der Waals surface area contributed by atoms with Gasteiger partial charge < -0.3 is 14.5 Å². The van der Waals surface area contributed by atoms with Gasteiger partial charge in [-0.05, 0) is 23.8 Å². The quantitative estimate of drug-likeness (QED) is 0.775. The van der Waals surface area contributed by atoms with Crippen LogP contribution >= 0.6 is 0 Å². The predicted molar refractivity (Wildman–Crippen MR) is 77.8 cm³/mol. The highest BCUT2D eigenvalue weighted by atomic mass is 16.5. The summed E-state index contributed by atoms with van der Waals surface area (Å²) in [6.45, 7) is 0.671. The SMILES string of the molecule is COc1ccc(CNc2cccc(-c3nnco3)c2)cn1. The van der Waals surface area contributed by atoms with Crippen molar-refractivity contribution in [3.8, 4) is 17.3 Å². The zero-order chi connectivity index (χ0) is 14.5. The molecule has 1 aromatic carbocycles. The van der Waals surface area contributed by atoms with E-state index in [-0.39, 0.29) is 0 Å². The van der Waals surface area contributed by atoms with Crippen molar-refractivity contribution in [2.45, 2.75) is 6.54 Å². The topological polar surface area (TPSA) is 73.1 Å². The molecule has 1 N–H and O–H groups in total. The smallest absolute Gasteiger partial charge is 0.247 e. The van der Waals surface area contributed by atoms with Gasteiger partial charge in [-0.1, -0.05) is 12.1 Å². The lowest BCUT2D eigenvalue weighted by Gasteiger charge is -2.07. The van der Waals surface area contributed by atoms with Crippen LogP contribution in [0.5, 0.6) is 5.88 Å². The molecule has 0 saturated heterocycles. The van der Waals surface area contributed by atoms with Crippen LogP contribution < -0.4 is 10.1 Å². The average molecular weight is 282 g/mol. The van der Waals surface area contributed by atoms with E-state index in [0.717, 1.165) is 16.8 Å². The Hall–Kier alpha value is -2.89. The molecule has 0 atom stereocenters. The minimum absolute atomic E-state index is 0.504. The average Bonchev–Trinajstić information content (AvgIpc) is 3.08. The molecule has 0 unspecified atom stereocenters. The van der Waals surface area contributed by atoms with E-state index in [2.05, 4.69) is 20.5 Å². The van der Waals surface area contributed by atoms with Crippen LogP contribution in [0.25, 0.3) is 11.5 Å². The van der Waals surface area contributed by atoms with E-state index in [1.165, 1.54) is 6.39 Å². The molecule has 2 heterocycles. The largest absolute Gasteiger partial charge is 0.481 e. The first-order chi connectivity index (χ1) is 10.3. The van der Waals surface area contributed by atoms with Gasteiger partial charge in [0, 0.05) is 30.1 Å². The number of ether oxygens (including phenoxy) is 1. The van der Waals surface area contributed by atoms with Crippen LogP contribution in [0, 0.1) is 0 Å². The molecule has 0 aliphatic heterocycles. The predicted octanol–water partition coefficient (Wildman–Crippen LogP) is 2.75. The van der Waals surface area contributed by atoms with E-state index in [4.69, 9.17) is 9.15 Å². The number of hydrogen-bond donors (Lipinski definition) is 1. The van der Waals surface area contributed by atoms with E-state index >= 15 is 0 Å². The Kier molecular flexibility index (Phi) is 3.77. The zero-order valence-corrected chi connectivity index (χ0v) is 11.5. The van der Waals surface area contributed by atoms with Gasteiger partial charge in [-0.15, -0.1) is 10.2 Å². The Morgan fingerprint density at radius 1 is 1.24 bits per heavy atom. The molecule has 2 aromatic heterocycles. The van der Waals surface area contributed by atoms with Gasteiger partial charge in [-0.2, -0.15) is 0 Å². The number of benzene rings is 1. The van der Waals surface area contributed by atoms with Crippen LogP contribution in [0.1, 0.15) is 5.56 Å². The fourth-order valence-electron chi connectivity index (χ4n) is 1.90. The van der Waals surface area contributed by atoms with E-state index in [1.807, 2.05) is 36.4 Å². The zero-order valence-electron chi connectivity index (χ0n) is 11.5. The number of anilines is 1. The fourth-order valence-corrected chi connectivity index (χ4v) is 1.90. The molecule has 3 rings (SSSR count). The second-order valence-electron chi connectivity index (χ2n) is 4.39. The third-order valence-electron chi connectivity index (χ3n) is 2.97. The molecule has 3 aromatic rings. The van der Waals surface area contributed by atoms with Crippen molar-refractivity contribution in [1.82, 2.24) is 15.2 Å². The minimum Gasteiger partial charge on any atom is -0.481 e. The van der Waals surface area contributed by atoms with Crippen LogP contribution in [0.2, 0.25) is 0 Å². The molecule has 6 nitrogen and oxygen atoms in total. The van der Waals surface area contributed by atoms with Gasteiger partial charge in [0.1, 0.15) is 0 Å². The first-order valence-electron chi connectivity index (χ1n) is 6.44. The first-order valence-corrected chi connectivity index (χ1v) is 6.44. The van der Waals surface area contributed by atoms with Crippen molar-refractivity contribution < 1.29 is 9.15 Å². The van der Waals surface area contributed by atoms with Gasteiger partial charge in [0.25, 0.3) is 0 Å². The third-order valence-corrected chi connectivity index (χ3v) is 2.97. The maximum absolute atomic E-state index is 5.19. The molecule has 106 valence electrons. The Morgan fingerprint density at radius 2 is 2.19 bits per heavy atom. The number of nitrogens with one attached hydrogen (secondary N) is 1. The number of pyridine rings is 1.